The largest absolute Gasteiger partial charge is 0.496 e. The summed E-state index contributed by atoms with van der Waals surface area (Å²) in [6, 6.07) is 24.1. The minimum Gasteiger partial charge on any atom is -0.496 e. The number of hydrogen-bond acceptors (Lipinski definition) is 9. The van der Waals surface area contributed by atoms with Gasteiger partial charge in [-0.1, -0.05) is 59.9 Å². The van der Waals surface area contributed by atoms with Crippen molar-refractivity contribution < 1.29 is 28.5 Å². The van der Waals surface area contributed by atoms with Crippen LogP contribution in [0.3, 0.4) is 0 Å². The molecule has 0 spiro atoms. The highest BCUT2D eigenvalue weighted by molar-refractivity contribution is 7.07. The van der Waals surface area contributed by atoms with Crippen LogP contribution in [0.4, 0.5) is 0 Å². The summed E-state index contributed by atoms with van der Waals surface area (Å²) >= 11 is 1.27. The van der Waals surface area contributed by atoms with Gasteiger partial charge in [0.05, 0.1) is 29.5 Å². The maximum absolute atomic E-state index is 14.2. The Morgan fingerprint density at radius 2 is 1.85 bits per heavy atom. The van der Waals surface area contributed by atoms with E-state index in [1.54, 1.807) is 25.5 Å². The predicted octanol–water partition coefficient (Wildman–Crippen LogP) is 5.27. The molecule has 0 aliphatic carbocycles. The lowest BCUT2D eigenvalue weighted by Gasteiger charge is -2.27. The Labute approximate surface area is 268 Å². The molecule has 0 N–H and O–H groups in total. The first kappa shape index (κ1) is 29.4. The molecule has 0 fully saturated rings. The van der Waals surface area contributed by atoms with E-state index >= 15 is 0 Å². The second-order valence-corrected chi connectivity index (χ2v) is 11.8. The van der Waals surface area contributed by atoms with E-state index in [9.17, 15) is 9.59 Å². The van der Waals surface area contributed by atoms with E-state index in [0.717, 1.165) is 27.6 Å². The van der Waals surface area contributed by atoms with Crippen molar-refractivity contribution in [2.45, 2.75) is 26.5 Å². The number of esters is 1. The molecule has 232 valence electrons. The zero-order valence-electron chi connectivity index (χ0n) is 25.4. The van der Waals surface area contributed by atoms with Crippen LogP contribution < -0.4 is 33.8 Å². The van der Waals surface area contributed by atoms with Crippen molar-refractivity contribution in [3.63, 3.8) is 0 Å². The fraction of sp³-hybridized carbons (Fsp3) is 0.194. The highest BCUT2D eigenvalue weighted by Gasteiger charge is 2.36. The Morgan fingerprint density at radius 1 is 1.04 bits per heavy atom. The lowest BCUT2D eigenvalue weighted by molar-refractivity contribution is -0.139. The van der Waals surface area contributed by atoms with Crippen LogP contribution in [0.1, 0.15) is 36.6 Å². The number of benzene rings is 4. The van der Waals surface area contributed by atoms with Gasteiger partial charge in [-0.3, -0.25) is 9.36 Å². The van der Waals surface area contributed by atoms with Gasteiger partial charge in [-0.2, -0.15) is 0 Å². The number of ether oxygens (including phenoxy) is 5. The minimum atomic E-state index is -0.801. The summed E-state index contributed by atoms with van der Waals surface area (Å²) in [4.78, 5) is 32.9. The Morgan fingerprint density at radius 3 is 2.65 bits per heavy atom. The molecule has 0 bridgehead atoms. The fourth-order valence-corrected chi connectivity index (χ4v) is 6.86. The number of rotatable bonds is 8. The summed E-state index contributed by atoms with van der Waals surface area (Å²) < 4.78 is 30.2. The van der Waals surface area contributed by atoms with Crippen molar-refractivity contribution in [3.8, 4) is 23.0 Å². The molecule has 2 aliphatic rings. The van der Waals surface area contributed by atoms with Crippen molar-refractivity contribution in [1.82, 2.24) is 4.57 Å². The lowest BCUT2D eigenvalue weighted by atomic mass is 9.90. The number of carbonyl (C=O) groups is 1. The molecule has 0 unspecified atom stereocenters. The smallest absolute Gasteiger partial charge is 0.338 e. The Hall–Kier alpha value is -5.35. The minimum absolute atomic E-state index is 0.190. The molecule has 10 heteroatoms. The van der Waals surface area contributed by atoms with Gasteiger partial charge in [0.15, 0.2) is 16.3 Å². The highest BCUT2D eigenvalue weighted by Crippen LogP contribution is 2.40. The molecular weight excluding hydrogens is 604 g/mol. The van der Waals surface area contributed by atoms with Crippen molar-refractivity contribution >= 4 is 34.2 Å². The van der Waals surface area contributed by atoms with Crippen LogP contribution in [0.5, 0.6) is 23.0 Å². The van der Waals surface area contributed by atoms with Crippen molar-refractivity contribution in [2.75, 3.05) is 20.5 Å². The van der Waals surface area contributed by atoms with E-state index in [0.29, 0.717) is 50.0 Å². The van der Waals surface area contributed by atoms with Gasteiger partial charge >= 0.3 is 5.97 Å². The van der Waals surface area contributed by atoms with Crippen molar-refractivity contribution in [1.29, 1.82) is 0 Å². The first-order valence-corrected chi connectivity index (χ1v) is 15.6. The summed E-state index contributed by atoms with van der Waals surface area (Å²) in [5, 5.41) is 1.83. The number of fused-ring (bicyclic) bond motifs is 3. The molecule has 3 heterocycles. The van der Waals surface area contributed by atoms with Gasteiger partial charge in [0.25, 0.3) is 5.56 Å². The monoisotopic (exact) mass is 634 g/mol. The molecule has 7 rings (SSSR count). The van der Waals surface area contributed by atoms with E-state index in [4.69, 9.17) is 28.7 Å². The third-order valence-corrected chi connectivity index (χ3v) is 8.94. The number of thiazole rings is 1. The zero-order chi connectivity index (χ0) is 31.8. The Bertz CT molecular complexity index is 2200. The summed E-state index contributed by atoms with van der Waals surface area (Å²) in [5.41, 5.74) is 3.02. The van der Waals surface area contributed by atoms with Crippen LogP contribution in [0.15, 0.2) is 99.9 Å². The third kappa shape index (κ3) is 5.30. The fourth-order valence-electron chi connectivity index (χ4n) is 5.81. The first-order chi connectivity index (χ1) is 22.4. The molecular formula is C36H30N2O7S. The Balaban J connectivity index is 1.26. The lowest BCUT2D eigenvalue weighted by Crippen LogP contribution is -2.40. The van der Waals surface area contributed by atoms with E-state index in [2.05, 4.69) is 0 Å². The maximum atomic E-state index is 14.2. The summed E-state index contributed by atoms with van der Waals surface area (Å²) in [7, 11) is 1.58. The van der Waals surface area contributed by atoms with Crippen LogP contribution in [0.2, 0.25) is 0 Å². The normalized spacial score (nSPS) is 15.5. The quantitative estimate of drug-likeness (QED) is 0.215. The molecule has 4 aromatic carbocycles. The topological polar surface area (TPSA) is 97.6 Å². The molecule has 0 radical (unpaired) electrons. The second kappa shape index (κ2) is 12.2. The molecule has 0 saturated heterocycles. The molecule has 0 amide bonds. The molecule has 2 aliphatic heterocycles. The molecule has 5 aromatic rings. The zero-order valence-corrected chi connectivity index (χ0v) is 26.3. The van der Waals surface area contributed by atoms with Crippen LogP contribution in [0.25, 0.3) is 16.8 Å². The van der Waals surface area contributed by atoms with Crippen molar-refractivity contribution in [3.05, 3.63) is 127 Å². The van der Waals surface area contributed by atoms with Crippen LogP contribution in [0, 0.1) is 0 Å². The number of nitrogens with zero attached hydrogens (tertiary/aromatic N) is 2. The van der Waals surface area contributed by atoms with Gasteiger partial charge in [0.1, 0.15) is 24.1 Å². The standard InChI is InChI=1S/C36H30N2O7S/c1-4-42-35(40)31-21(2)37-36-38(33(31)32-26-8-6-5-7-24(26)12-16-28(32)41-3)34(39)30(46-36)18-22-9-13-25(14-10-22)43-19-23-11-15-27-29(17-23)45-20-44-27/h5-18,33H,4,19-20H2,1-3H3/b30-18-/t33-/m0/s1. The molecule has 46 heavy (non-hydrogen) atoms. The van der Waals surface area contributed by atoms with Gasteiger partial charge in [-0.05, 0) is 72.2 Å². The number of methoxy groups -OCH3 is 1. The first-order valence-electron chi connectivity index (χ1n) is 14.8. The summed E-state index contributed by atoms with van der Waals surface area (Å²) in [5.74, 6) is 2.17. The SMILES string of the molecule is CCOC(=O)C1=C(C)N=c2s/c(=C\c3ccc(OCc4ccc5c(c4)OCO5)cc3)c(=O)n2[C@@H]1c1c(OC)ccc2ccccc12. The molecule has 1 atom stereocenters. The van der Waals surface area contributed by atoms with E-state index < -0.39 is 12.0 Å². The number of allylic oxidation sites excluding steroid dienone is 1. The highest BCUT2D eigenvalue weighted by atomic mass is 32.1. The van der Waals surface area contributed by atoms with E-state index in [-0.39, 0.29) is 19.0 Å². The molecule has 0 saturated carbocycles. The van der Waals surface area contributed by atoms with Gasteiger partial charge in [-0.25, -0.2) is 9.79 Å². The maximum Gasteiger partial charge on any atom is 0.338 e. The molecule has 9 nitrogen and oxygen atoms in total. The third-order valence-electron chi connectivity index (χ3n) is 7.96. The summed E-state index contributed by atoms with van der Waals surface area (Å²) in [6.45, 7) is 4.31. The van der Waals surface area contributed by atoms with Gasteiger partial charge in [0, 0.05) is 5.56 Å². The van der Waals surface area contributed by atoms with Gasteiger partial charge < -0.3 is 23.7 Å². The van der Waals surface area contributed by atoms with Gasteiger partial charge in [0.2, 0.25) is 6.79 Å². The number of carbonyl (C=O) groups excluding carboxylic acids is 1. The summed E-state index contributed by atoms with van der Waals surface area (Å²) in [6.07, 6.45) is 1.83. The number of aromatic nitrogens is 1. The predicted molar refractivity (Wildman–Crippen MR) is 174 cm³/mol. The average molecular weight is 635 g/mol. The number of hydrogen-bond donors (Lipinski definition) is 0. The Kier molecular flexibility index (Phi) is 7.79. The second-order valence-electron chi connectivity index (χ2n) is 10.8. The van der Waals surface area contributed by atoms with Crippen LogP contribution in [-0.4, -0.2) is 31.0 Å². The van der Waals surface area contributed by atoms with Crippen LogP contribution in [-0.2, 0) is 16.1 Å². The van der Waals surface area contributed by atoms with Gasteiger partial charge in [-0.15, -0.1) is 0 Å². The van der Waals surface area contributed by atoms with Crippen LogP contribution >= 0.6 is 11.3 Å². The average Bonchev–Trinajstić information content (AvgIpc) is 3.66. The van der Waals surface area contributed by atoms with E-state index in [1.807, 2.05) is 84.9 Å². The van der Waals surface area contributed by atoms with E-state index in [1.165, 1.54) is 11.3 Å². The van der Waals surface area contributed by atoms with Crippen molar-refractivity contribution in [2.24, 2.45) is 4.99 Å². The molecule has 1 aromatic heterocycles.